The van der Waals surface area contributed by atoms with Crippen LogP contribution in [0.4, 0.5) is 10.5 Å². The molecule has 0 bridgehead atoms. The number of hydrogen-bond donors (Lipinski definition) is 2. The van der Waals surface area contributed by atoms with Gasteiger partial charge in [-0.15, -0.1) is 0 Å². The van der Waals surface area contributed by atoms with Crippen LogP contribution < -0.4 is 15.4 Å². The van der Waals surface area contributed by atoms with Gasteiger partial charge in [-0.25, -0.2) is 4.79 Å². The van der Waals surface area contributed by atoms with Crippen LogP contribution in [0.25, 0.3) is 0 Å². The molecule has 1 aromatic rings. The first-order chi connectivity index (χ1) is 15.6. The van der Waals surface area contributed by atoms with Gasteiger partial charge < -0.3 is 29.9 Å². The van der Waals surface area contributed by atoms with Gasteiger partial charge in [-0.3, -0.25) is 9.59 Å². The third-order valence-electron chi connectivity index (χ3n) is 5.72. The number of amides is 4. The third kappa shape index (κ3) is 7.08. The Labute approximate surface area is 196 Å². The Kier molecular flexibility index (Phi) is 9.52. The van der Waals surface area contributed by atoms with Crippen molar-refractivity contribution in [3.05, 3.63) is 23.8 Å². The third-order valence-corrected chi connectivity index (χ3v) is 5.72. The van der Waals surface area contributed by atoms with Gasteiger partial charge in [-0.1, -0.05) is 13.8 Å². The fourth-order valence-electron chi connectivity index (χ4n) is 3.71. The number of hydrogen-bond acceptors (Lipinski definition) is 5. The molecule has 1 aliphatic rings. The number of carbonyl (C=O) groups is 3. The average Bonchev–Trinajstić information content (AvgIpc) is 2.77. The number of ether oxygens (including phenoxy) is 2. The van der Waals surface area contributed by atoms with Gasteiger partial charge in [0.05, 0.1) is 17.7 Å². The van der Waals surface area contributed by atoms with Crippen LogP contribution in [0.2, 0.25) is 0 Å². The number of anilines is 1. The summed E-state index contributed by atoms with van der Waals surface area (Å²) in [5.74, 6) is 0.0131. The maximum Gasteiger partial charge on any atom is 0.317 e. The smallest absolute Gasteiger partial charge is 0.317 e. The summed E-state index contributed by atoms with van der Waals surface area (Å²) in [7, 11) is 3.34. The number of urea groups is 1. The van der Waals surface area contributed by atoms with E-state index < -0.39 is 0 Å². The van der Waals surface area contributed by atoms with Crippen molar-refractivity contribution in [3.63, 3.8) is 0 Å². The Morgan fingerprint density at radius 2 is 1.94 bits per heavy atom. The highest BCUT2D eigenvalue weighted by Crippen LogP contribution is 2.27. The predicted octanol–water partition coefficient (Wildman–Crippen LogP) is 2.96. The normalized spacial score (nSPS) is 22.1. The van der Waals surface area contributed by atoms with E-state index >= 15 is 0 Å². The van der Waals surface area contributed by atoms with Crippen LogP contribution in [0.3, 0.4) is 0 Å². The second-order valence-electron chi connectivity index (χ2n) is 8.97. The lowest BCUT2D eigenvalue weighted by molar-refractivity contribution is -0.115. The second-order valence-corrected chi connectivity index (χ2v) is 8.97. The van der Waals surface area contributed by atoms with Crippen LogP contribution in [0, 0.1) is 5.92 Å². The largest absolute Gasteiger partial charge is 0.491 e. The van der Waals surface area contributed by atoms with Crippen LogP contribution in [0.15, 0.2) is 18.2 Å². The van der Waals surface area contributed by atoms with Crippen LogP contribution >= 0.6 is 0 Å². The number of likely N-dealkylation sites (N-methyl/N-ethyl adjacent to an activating group) is 1. The van der Waals surface area contributed by atoms with Gasteiger partial charge in [0, 0.05) is 57.4 Å². The van der Waals surface area contributed by atoms with Gasteiger partial charge in [0.15, 0.2) is 0 Å². The number of nitrogens with one attached hydrogen (secondary N) is 2. The first kappa shape index (κ1) is 26.4. The monoisotopic (exact) mass is 462 g/mol. The molecule has 3 atom stereocenters. The highest BCUT2D eigenvalue weighted by molar-refractivity contribution is 5.98. The summed E-state index contributed by atoms with van der Waals surface area (Å²) >= 11 is 0. The Bertz CT molecular complexity index is 844. The van der Waals surface area contributed by atoms with E-state index in [1.807, 2.05) is 27.7 Å². The topological polar surface area (TPSA) is 100 Å². The predicted molar refractivity (Wildman–Crippen MR) is 128 cm³/mol. The molecule has 0 aliphatic carbocycles. The number of fused-ring (bicyclic) bond motifs is 1. The lowest BCUT2D eigenvalue weighted by atomic mass is 10.0. The second kappa shape index (κ2) is 11.9. The number of nitrogens with zero attached hydrogens (tertiary/aromatic N) is 2. The summed E-state index contributed by atoms with van der Waals surface area (Å²) in [4.78, 5) is 41.4. The first-order valence-corrected chi connectivity index (χ1v) is 11.5. The summed E-state index contributed by atoms with van der Waals surface area (Å²) in [6.45, 7) is 10.5. The Balaban J connectivity index is 2.44. The molecule has 2 rings (SSSR count). The van der Waals surface area contributed by atoms with Crippen molar-refractivity contribution >= 4 is 23.5 Å². The molecule has 9 nitrogen and oxygen atoms in total. The maximum absolute atomic E-state index is 13.2. The fraction of sp³-hybridized carbons (Fsp3) is 0.625. The Morgan fingerprint density at radius 1 is 1.24 bits per heavy atom. The molecule has 1 heterocycles. The minimum absolute atomic E-state index is 0.00486. The summed E-state index contributed by atoms with van der Waals surface area (Å²) < 4.78 is 11.8. The standard InChI is InChI=1S/C24H38N4O5/c1-8-22(29)26-18-9-10-19-20(11-18)33-14-17(5)28(24(31)25-15(2)3)12-16(4)21(32-7)13-27(6)23(19)30/h9-11,15-17,21H,8,12-14H2,1-7H3,(H,25,31)(H,26,29)/t16-,17+,21-/m0/s1. The molecule has 4 amide bonds. The zero-order chi connectivity index (χ0) is 24.7. The van der Waals surface area contributed by atoms with E-state index in [9.17, 15) is 14.4 Å². The van der Waals surface area contributed by atoms with E-state index in [2.05, 4.69) is 10.6 Å². The highest BCUT2D eigenvalue weighted by atomic mass is 16.5. The summed E-state index contributed by atoms with van der Waals surface area (Å²) in [5, 5.41) is 5.76. The van der Waals surface area contributed by atoms with Gasteiger partial charge >= 0.3 is 6.03 Å². The van der Waals surface area contributed by atoms with Crippen molar-refractivity contribution in [2.75, 3.05) is 39.2 Å². The molecule has 0 radical (unpaired) electrons. The van der Waals surface area contributed by atoms with Crippen LogP contribution in [0.5, 0.6) is 5.75 Å². The molecule has 0 fully saturated rings. The number of rotatable bonds is 4. The summed E-state index contributed by atoms with van der Waals surface area (Å²) in [6, 6.07) is 4.56. The van der Waals surface area contributed by atoms with E-state index in [4.69, 9.17) is 9.47 Å². The first-order valence-electron chi connectivity index (χ1n) is 11.5. The van der Waals surface area contributed by atoms with Gasteiger partial charge in [0.1, 0.15) is 12.4 Å². The number of carbonyl (C=O) groups excluding carboxylic acids is 3. The van der Waals surface area contributed by atoms with Gasteiger partial charge in [0.2, 0.25) is 5.91 Å². The molecular formula is C24H38N4O5. The average molecular weight is 463 g/mol. The fourth-order valence-corrected chi connectivity index (χ4v) is 3.71. The number of methoxy groups -OCH3 is 1. The van der Waals surface area contributed by atoms with E-state index in [0.717, 1.165) is 0 Å². The van der Waals surface area contributed by atoms with Crippen molar-refractivity contribution in [2.24, 2.45) is 5.92 Å². The van der Waals surface area contributed by atoms with Crippen LogP contribution in [0.1, 0.15) is 51.4 Å². The molecule has 184 valence electrons. The van der Waals surface area contributed by atoms with E-state index in [1.54, 1.807) is 49.1 Å². The molecule has 0 saturated carbocycles. The molecule has 33 heavy (non-hydrogen) atoms. The molecule has 1 aromatic carbocycles. The SMILES string of the molecule is CCC(=O)Nc1ccc2c(c1)OC[C@@H](C)N(C(=O)NC(C)C)C[C@H](C)[C@@H](OC)CN(C)C2=O. The van der Waals surface area contributed by atoms with Crippen molar-refractivity contribution in [2.45, 2.75) is 59.2 Å². The molecule has 0 spiro atoms. The van der Waals surface area contributed by atoms with Gasteiger partial charge in [0.25, 0.3) is 5.91 Å². The lowest BCUT2D eigenvalue weighted by Crippen LogP contribution is -2.52. The molecule has 0 unspecified atom stereocenters. The van der Waals surface area contributed by atoms with Crippen LogP contribution in [-0.4, -0.2) is 79.7 Å². The molecule has 0 aromatic heterocycles. The Morgan fingerprint density at radius 3 is 2.55 bits per heavy atom. The van der Waals surface area contributed by atoms with Crippen molar-refractivity contribution < 1.29 is 23.9 Å². The van der Waals surface area contributed by atoms with E-state index in [1.165, 1.54) is 0 Å². The van der Waals surface area contributed by atoms with Crippen molar-refractivity contribution in [3.8, 4) is 5.75 Å². The van der Waals surface area contributed by atoms with Crippen LogP contribution in [-0.2, 0) is 9.53 Å². The number of benzene rings is 1. The molecule has 2 N–H and O–H groups in total. The highest BCUT2D eigenvalue weighted by Gasteiger charge is 2.30. The van der Waals surface area contributed by atoms with E-state index in [-0.39, 0.29) is 48.6 Å². The van der Waals surface area contributed by atoms with Gasteiger partial charge in [-0.05, 0) is 32.9 Å². The molecule has 1 aliphatic heterocycles. The zero-order valence-corrected chi connectivity index (χ0v) is 20.8. The minimum Gasteiger partial charge on any atom is -0.491 e. The summed E-state index contributed by atoms with van der Waals surface area (Å²) in [6.07, 6.45) is 0.0834. The van der Waals surface area contributed by atoms with E-state index in [0.29, 0.717) is 36.5 Å². The lowest BCUT2D eigenvalue weighted by Gasteiger charge is -2.36. The van der Waals surface area contributed by atoms with Gasteiger partial charge in [-0.2, -0.15) is 0 Å². The quantitative estimate of drug-likeness (QED) is 0.717. The minimum atomic E-state index is -0.266. The molecular weight excluding hydrogens is 424 g/mol. The summed E-state index contributed by atoms with van der Waals surface area (Å²) in [5.41, 5.74) is 0.939. The van der Waals surface area contributed by atoms with Crippen molar-refractivity contribution in [1.82, 2.24) is 15.1 Å². The maximum atomic E-state index is 13.2. The van der Waals surface area contributed by atoms with Crippen molar-refractivity contribution in [1.29, 1.82) is 0 Å². The Hall–Kier alpha value is -2.81. The molecule has 0 saturated heterocycles. The molecule has 9 heteroatoms. The zero-order valence-electron chi connectivity index (χ0n) is 20.8.